The van der Waals surface area contributed by atoms with Crippen LogP contribution in [0.25, 0.3) is 0 Å². The molecule has 0 aromatic carbocycles. The quantitative estimate of drug-likeness (QED) is 0.303. The lowest BCUT2D eigenvalue weighted by Gasteiger charge is -2.25. The van der Waals surface area contributed by atoms with Crippen molar-refractivity contribution in [1.82, 2.24) is 10.6 Å². The van der Waals surface area contributed by atoms with Crippen molar-refractivity contribution in [3.63, 3.8) is 0 Å². The van der Waals surface area contributed by atoms with Gasteiger partial charge in [0.1, 0.15) is 0 Å². The van der Waals surface area contributed by atoms with Gasteiger partial charge in [0, 0.05) is 38.3 Å². The third kappa shape index (κ3) is 7.11. The fraction of sp³-hybridized carbons (Fsp3) is 0.938. The molecule has 0 aromatic rings. The van der Waals surface area contributed by atoms with E-state index < -0.39 is 0 Å². The van der Waals surface area contributed by atoms with Gasteiger partial charge < -0.3 is 25.2 Å². The summed E-state index contributed by atoms with van der Waals surface area (Å²) in [7, 11) is 0. The van der Waals surface area contributed by atoms with Gasteiger partial charge in [-0.1, -0.05) is 0 Å². The first-order chi connectivity index (χ1) is 10.8. The van der Waals surface area contributed by atoms with Crippen LogP contribution in [0.4, 0.5) is 0 Å². The maximum atomic E-state index is 9.27. The van der Waals surface area contributed by atoms with Gasteiger partial charge in [-0.3, -0.25) is 4.99 Å². The van der Waals surface area contributed by atoms with Gasteiger partial charge in [-0.05, 0) is 39.0 Å². The number of hydrogen-bond acceptors (Lipinski definition) is 4. The van der Waals surface area contributed by atoms with Crippen molar-refractivity contribution in [3.8, 4) is 0 Å². The van der Waals surface area contributed by atoms with E-state index >= 15 is 0 Å². The van der Waals surface area contributed by atoms with Crippen LogP contribution in [0.3, 0.4) is 0 Å². The van der Waals surface area contributed by atoms with Gasteiger partial charge in [0.2, 0.25) is 0 Å². The zero-order chi connectivity index (χ0) is 15.7. The first-order valence-electron chi connectivity index (χ1n) is 8.60. The van der Waals surface area contributed by atoms with E-state index in [0.29, 0.717) is 19.3 Å². The Morgan fingerprint density at radius 3 is 2.83 bits per heavy atom. The minimum atomic E-state index is 0. The zero-order valence-electron chi connectivity index (χ0n) is 14.2. The largest absolute Gasteiger partial charge is 0.396 e. The number of guanidine groups is 1. The second kappa shape index (κ2) is 11.4. The van der Waals surface area contributed by atoms with Crippen molar-refractivity contribution < 1.29 is 14.6 Å². The van der Waals surface area contributed by atoms with Crippen molar-refractivity contribution in [2.45, 2.75) is 45.1 Å². The lowest BCUT2D eigenvalue weighted by Crippen LogP contribution is -2.40. The zero-order valence-corrected chi connectivity index (χ0v) is 16.5. The molecule has 2 aliphatic rings. The molecule has 0 aromatic heterocycles. The van der Waals surface area contributed by atoms with Crippen LogP contribution >= 0.6 is 24.0 Å². The monoisotopic (exact) mass is 441 g/mol. The number of nitrogens with zero attached hydrogens (tertiary/aromatic N) is 1. The molecule has 0 saturated carbocycles. The van der Waals surface area contributed by atoms with Gasteiger partial charge in [0.25, 0.3) is 0 Å². The standard InChI is InChI=1S/C16H31N3O3.HI/c1-2-17-15(18-8-5-14-4-3-10-22-14)19-12-16(6-9-20)7-11-21-13-16;/h14,20H,2-13H2,1H3,(H2,17,18,19);1H. The molecule has 7 heteroatoms. The molecule has 2 heterocycles. The molecular weight excluding hydrogens is 409 g/mol. The first kappa shape index (κ1) is 20.9. The van der Waals surface area contributed by atoms with Crippen LogP contribution in [-0.2, 0) is 9.47 Å². The summed E-state index contributed by atoms with van der Waals surface area (Å²) >= 11 is 0. The summed E-state index contributed by atoms with van der Waals surface area (Å²) in [6.45, 7) is 7.06. The lowest BCUT2D eigenvalue weighted by atomic mass is 9.84. The Morgan fingerprint density at radius 2 is 2.22 bits per heavy atom. The number of aliphatic hydroxyl groups excluding tert-OH is 1. The number of aliphatic hydroxyl groups is 1. The Labute approximate surface area is 156 Å². The van der Waals surface area contributed by atoms with E-state index in [4.69, 9.17) is 14.5 Å². The minimum Gasteiger partial charge on any atom is -0.396 e. The van der Waals surface area contributed by atoms with Crippen molar-refractivity contribution in [2.24, 2.45) is 10.4 Å². The maximum absolute atomic E-state index is 9.27. The van der Waals surface area contributed by atoms with E-state index in [1.807, 2.05) is 0 Å². The van der Waals surface area contributed by atoms with Crippen LogP contribution < -0.4 is 10.6 Å². The molecule has 2 fully saturated rings. The smallest absolute Gasteiger partial charge is 0.191 e. The Morgan fingerprint density at radius 1 is 1.35 bits per heavy atom. The Kier molecular flexibility index (Phi) is 10.4. The summed E-state index contributed by atoms with van der Waals surface area (Å²) in [5.74, 6) is 0.852. The average molecular weight is 441 g/mol. The second-order valence-corrected chi connectivity index (χ2v) is 6.32. The number of halogens is 1. The highest BCUT2D eigenvalue weighted by Crippen LogP contribution is 2.32. The highest BCUT2D eigenvalue weighted by molar-refractivity contribution is 14.0. The fourth-order valence-corrected chi connectivity index (χ4v) is 3.10. The van der Waals surface area contributed by atoms with Crippen molar-refractivity contribution in [2.75, 3.05) is 46.1 Å². The van der Waals surface area contributed by atoms with Crippen LogP contribution in [0.5, 0.6) is 0 Å². The molecule has 2 unspecified atom stereocenters. The fourth-order valence-electron chi connectivity index (χ4n) is 3.10. The van der Waals surface area contributed by atoms with Crippen LogP contribution in [0.2, 0.25) is 0 Å². The van der Waals surface area contributed by atoms with Gasteiger partial charge in [0.15, 0.2) is 5.96 Å². The summed E-state index contributed by atoms with van der Waals surface area (Å²) in [5.41, 5.74) is 0.00562. The Hall–Kier alpha value is -0.120. The molecule has 2 atom stereocenters. The molecule has 2 saturated heterocycles. The SMILES string of the molecule is CCNC(=NCC1(CCO)CCOC1)NCCC1CCCO1.I. The van der Waals surface area contributed by atoms with Crippen LogP contribution in [0.15, 0.2) is 4.99 Å². The van der Waals surface area contributed by atoms with E-state index in [1.165, 1.54) is 12.8 Å². The number of nitrogens with one attached hydrogen (secondary N) is 2. The molecule has 23 heavy (non-hydrogen) atoms. The second-order valence-electron chi connectivity index (χ2n) is 6.32. The van der Waals surface area contributed by atoms with E-state index in [2.05, 4.69) is 17.6 Å². The van der Waals surface area contributed by atoms with E-state index in [9.17, 15) is 5.11 Å². The molecule has 0 spiro atoms. The van der Waals surface area contributed by atoms with E-state index in [-0.39, 0.29) is 36.0 Å². The van der Waals surface area contributed by atoms with Gasteiger partial charge in [0.05, 0.1) is 19.3 Å². The molecule has 0 amide bonds. The summed E-state index contributed by atoms with van der Waals surface area (Å²) in [6, 6.07) is 0. The molecule has 0 bridgehead atoms. The van der Waals surface area contributed by atoms with E-state index in [0.717, 1.165) is 51.5 Å². The lowest BCUT2D eigenvalue weighted by molar-refractivity contribution is 0.105. The van der Waals surface area contributed by atoms with Crippen molar-refractivity contribution in [3.05, 3.63) is 0 Å². The van der Waals surface area contributed by atoms with Gasteiger partial charge in [-0.25, -0.2) is 0 Å². The highest BCUT2D eigenvalue weighted by atomic mass is 127. The molecular formula is C16H32IN3O3. The molecule has 0 aliphatic carbocycles. The van der Waals surface area contributed by atoms with Crippen LogP contribution in [0, 0.1) is 5.41 Å². The molecule has 6 nitrogen and oxygen atoms in total. The summed E-state index contributed by atoms with van der Waals surface area (Å²) in [5, 5.41) is 15.9. The predicted molar refractivity (Wildman–Crippen MR) is 103 cm³/mol. The highest BCUT2D eigenvalue weighted by Gasteiger charge is 2.34. The van der Waals surface area contributed by atoms with Gasteiger partial charge in [-0.15, -0.1) is 24.0 Å². The Bertz CT molecular complexity index is 343. The number of ether oxygens (including phenoxy) is 2. The normalized spacial score (nSPS) is 27.7. The first-order valence-corrected chi connectivity index (χ1v) is 8.60. The molecule has 0 radical (unpaired) electrons. The minimum absolute atomic E-state index is 0. The molecule has 136 valence electrons. The average Bonchev–Trinajstić information content (AvgIpc) is 3.17. The maximum Gasteiger partial charge on any atom is 0.191 e. The number of aliphatic imine (C=N–C) groups is 1. The number of rotatable bonds is 8. The van der Waals surface area contributed by atoms with Gasteiger partial charge >= 0.3 is 0 Å². The summed E-state index contributed by atoms with van der Waals surface area (Å²) < 4.78 is 11.2. The van der Waals surface area contributed by atoms with Gasteiger partial charge in [-0.2, -0.15) is 0 Å². The molecule has 2 rings (SSSR count). The van der Waals surface area contributed by atoms with Crippen molar-refractivity contribution >= 4 is 29.9 Å². The summed E-state index contributed by atoms with van der Waals surface area (Å²) in [6.07, 6.45) is 5.52. The third-order valence-electron chi connectivity index (χ3n) is 4.53. The third-order valence-corrected chi connectivity index (χ3v) is 4.53. The topological polar surface area (TPSA) is 75.1 Å². The molecule has 2 aliphatic heterocycles. The predicted octanol–water partition coefficient (Wildman–Crippen LogP) is 1.52. The summed E-state index contributed by atoms with van der Waals surface area (Å²) in [4.78, 5) is 4.71. The number of hydrogen-bond donors (Lipinski definition) is 3. The van der Waals surface area contributed by atoms with Crippen molar-refractivity contribution in [1.29, 1.82) is 0 Å². The van der Waals surface area contributed by atoms with E-state index in [1.54, 1.807) is 0 Å². The van der Waals surface area contributed by atoms with Crippen LogP contribution in [0.1, 0.15) is 39.0 Å². The molecule has 3 N–H and O–H groups in total. The van der Waals surface area contributed by atoms with Crippen LogP contribution in [-0.4, -0.2) is 63.2 Å². The Balaban J connectivity index is 0.00000264.